The summed E-state index contributed by atoms with van der Waals surface area (Å²) in [7, 11) is 0. The monoisotopic (exact) mass is 1040 g/mol. The molecule has 0 spiro atoms. The number of anilines is 3. The number of nitrogens with two attached hydrogens (primary N) is 1. The molecule has 4 amide bonds. The van der Waals surface area contributed by atoms with Gasteiger partial charge in [-0.3, -0.25) is 40.0 Å². The van der Waals surface area contributed by atoms with Crippen LogP contribution in [0.5, 0.6) is 0 Å². The first-order valence-electron chi connectivity index (χ1n) is 24.8. The second-order valence-electron chi connectivity index (χ2n) is 23.2. The first kappa shape index (κ1) is 61.8. The summed E-state index contributed by atoms with van der Waals surface area (Å²) in [6, 6.07) is 2.99. The Labute approximate surface area is 436 Å². The topological polar surface area (TPSA) is 363 Å². The molecule has 3 aliphatic rings. The fraction of sp³-hybridized carbons (Fsp3) is 0.647. The molecule has 6 unspecified atom stereocenters. The minimum Gasteiger partial charge on any atom is -0.369 e. The molecule has 0 aromatic carbocycles. The Morgan fingerprint density at radius 1 is 0.627 bits per heavy atom. The number of aryl methyl sites for hydroxylation is 3. The Hall–Kier alpha value is -7.50. The number of nitrogen functional groups attached to an aromatic ring is 1. The molecule has 0 radical (unpaired) electrons. The Bertz CT molecular complexity index is 2830. The second-order valence-corrected chi connectivity index (χ2v) is 23.2. The molecule has 3 aliphatic carbocycles. The van der Waals surface area contributed by atoms with Crippen molar-refractivity contribution < 1.29 is 28.8 Å². The van der Waals surface area contributed by atoms with Crippen molar-refractivity contribution in [3.8, 4) is 0 Å². The van der Waals surface area contributed by atoms with Crippen molar-refractivity contribution in [2.24, 2.45) is 47.0 Å². The quantitative estimate of drug-likeness (QED) is 0.0774. The number of hydrogen-bond acceptors (Lipinski definition) is 17. The maximum atomic E-state index is 12.3. The molecule has 24 heteroatoms. The van der Waals surface area contributed by atoms with Crippen LogP contribution in [0.15, 0.2) is 52.6 Å². The van der Waals surface area contributed by atoms with Crippen LogP contribution >= 0.6 is 0 Å². The molecule has 3 heterocycles. The van der Waals surface area contributed by atoms with E-state index in [2.05, 4.69) is 127 Å². The van der Waals surface area contributed by atoms with Crippen molar-refractivity contribution in [1.82, 2.24) is 40.5 Å². The lowest BCUT2D eigenvalue weighted by molar-refractivity contribution is 0.0855. The smallest absolute Gasteiger partial charge is 0.321 e. The van der Waals surface area contributed by atoms with Gasteiger partial charge in [-0.15, -0.1) is 0 Å². The largest absolute Gasteiger partial charge is 0.369 e. The van der Waals surface area contributed by atoms with E-state index in [1.54, 1.807) is 45.1 Å². The predicted octanol–water partition coefficient (Wildman–Crippen LogP) is 6.29. The van der Waals surface area contributed by atoms with E-state index < -0.39 is 17.6 Å². The van der Waals surface area contributed by atoms with E-state index in [0.29, 0.717) is 49.4 Å². The molecular formula is C51H75N15O9. The molecule has 408 valence electrons. The summed E-state index contributed by atoms with van der Waals surface area (Å²) in [5, 5.41) is 10.8. The highest BCUT2D eigenvalue weighted by Gasteiger charge is 2.45. The highest BCUT2D eigenvalue weighted by molar-refractivity contribution is 5.88. The zero-order valence-corrected chi connectivity index (χ0v) is 45.3. The number of carbonyl (C=O) groups is 2. The third-order valence-corrected chi connectivity index (χ3v) is 13.1. The van der Waals surface area contributed by atoms with Gasteiger partial charge in [0, 0.05) is 47.9 Å². The highest BCUT2D eigenvalue weighted by Crippen LogP contribution is 2.48. The average Bonchev–Trinajstić information content (AvgIpc) is 3.23. The molecule has 3 aromatic rings. The van der Waals surface area contributed by atoms with Crippen molar-refractivity contribution in [3.63, 3.8) is 0 Å². The number of isocyanates is 4. The van der Waals surface area contributed by atoms with Crippen LogP contribution in [0.4, 0.5) is 27.4 Å². The Balaban J connectivity index is 0.000000279. The van der Waals surface area contributed by atoms with Gasteiger partial charge >= 0.3 is 12.1 Å². The van der Waals surface area contributed by atoms with Crippen LogP contribution in [0.25, 0.3) is 0 Å². The summed E-state index contributed by atoms with van der Waals surface area (Å²) < 4.78 is 0. The zero-order valence-electron chi connectivity index (χ0n) is 45.3. The zero-order chi connectivity index (χ0) is 56.4. The summed E-state index contributed by atoms with van der Waals surface area (Å²) >= 11 is 0. The van der Waals surface area contributed by atoms with E-state index in [1.165, 1.54) is 18.2 Å². The molecule has 6 atom stereocenters. The van der Waals surface area contributed by atoms with E-state index >= 15 is 0 Å². The standard InChI is InChI=1S/2C17H25N5O3.C12H18N2O2.C5H7N3O/c1-11-5-13(24)21-14(20-11)22-15(25)18-9-17(4)7-12(19-10-23)6-16(2,3)8-17;1-5-17(18-10-23)8-12(7-16(3,4)9-17)20-15(25)22-14-19-11(2)6-13(24)21-14;1-11(2)4-10(14-9-16)5-12(3,6-11)7-13-8-15;1-3-2-4(9)8-5(6)7-3/h5,12H,6-9H2,1-4H3,(H3,18,20,21,22,24,25);6,12H,5,7-9H2,1-4H3,(H3,19,20,21,22,24,25);10H,4-7H2,1-3H3;2H,1H3,(H3,6,7,8,9). The minimum absolute atomic E-state index is 0.00750. The summed E-state index contributed by atoms with van der Waals surface area (Å²) in [5.74, 6) is 0.380. The van der Waals surface area contributed by atoms with Crippen molar-refractivity contribution in [3.05, 3.63) is 66.3 Å². The number of nitrogens with zero attached hydrogens (tertiary/aromatic N) is 7. The van der Waals surface area contributed by atoms with Gasteiger partial charge in [0.05, 0.1) is 24.2 Å². The first-order chi connectivity index (χ1) is 34.9. The minimum atomic E-state index is -0.503. The third-order valence-electron chi connectivity index (χ3n) is 13.1. The molecular weight excluding hydrogens is 967 g/mol. The molecule has 0 saturated heterocycles. The maximum Gasteiger partial charge on any atom is 0.321 e. The molecule has 9 N–H and O–H groups in total. The highest BCUT2D eigenvalue weighted by atomic mass is 16.2. The van der Waals surface area contributed by atoms with Crippen LogP contribution in [0.2, 0.25) is 0 Å². The number of aromatic amines is 3. The van der Waals surface area contributed by atoms with Gasteiger partial charge in [0.2, 0.25) is 42.2 Å². The van der Waals surface area contributed by atoms with Crippen molar-refractivity contribution in [2.45, 2.75) is 171 Å². The lowest BCUT2D eigenvalue weighted by Gasteiger charge is -2.45. The fourth-order valence-corrected chi connectivity index (χ4v) is 11.5. The van der Waals surface area contributed by atoms with Gasteiger partial charge in [0.15, 0.2) is 0 Å². The Morgan fingerprint density at radius 3 is 1.55 bits per heavy atom. The third kappa shape index (κ3) is 21.9. The van der Waals surface area contributed by atoms with E-state index in [4.69, 9.17) is 5.73 Å². The number of rotatable bonds is 11. The average molecular weight is 1040 g/mol. The van der Waals surface area contributed by atoms with Crippen molar-refractivity contribution >= 4 is 54.2 Å². The van der Waals surface area contributed by atoms with Gasteiger partial charge in [0.1, 0.15) is 0 Å². The number of nitrogens with one attached hydrogen (secondary N) is 7. The van der Waals surface area contributed by atoms with Crippen molar-refractivity contribution in [1.29, 1.82) is 0 Å². The number of hydrogen-bond donors (Lipinski definition) is 8. The first-order valence-corrected chi connectivity index (χ1v) is 24.8. The summed E-state index contributed by atoms with van der Waals surface area (Å²) in [5.41, 5.74) is 5.34. The van der Waals surface area contributed by atoms with E-state index in [-0.39, 0.29) is 79.7 Å². The van der Waals surface area contributed by atoms with E-state index in [1.807, 2.05) is 6.92 Å². The van der Waals surface area contributed by atoms with E-state index in [0.717, 1.165) is 44.9 Å². The number of carbonyl (C=O) groups excluding carboxylic acids is 6. The molecule has 6 rings (SSSR count). The molecule has 24 nitrogen and oxygen atoms in total. The number of H-pyrrole nitrogens is 3. The number of aliphatic imine (C=N–C) groups is 4. The van der Waals surface area contributed by atoms with Crippen molar-refractivity contribution in [2.75, 3.05) is 29.5 Å². The predicted molar refractivity (Wildman–Crippen MR) is 283 cm³/mol. The lowest BCUT2D eigenvalue weighted by atomic mass is 9.62. The lowest BCUT2D eigenvalue weighted by Crippen LogP contribution is -2.51. The van der Waals surface area contributed by atoms with Gasteiger partial charge in [0.25, 0.3) is 16.7 Å². The second kappa shape index (κ2) is 26.6. The van der Waals surface area contributed by atoms with Gasteiger partial charge in [-0.2, -0.15) is 4.99 Å². The molecule has 3 fully saturated rings. The maximum absolute atomic E-state index is 12.3. The number of aromatic nitrogens is 6. The number of urea groups is 2. The van der Waals surface area contributed by atoms with Crippen LogP contribution in [-0.4, -0.2) is 103 Å². The van der Waals surface area contributed by atoms with Gasteiger partial charge in [-0.05, 0) is 112 Å². The Morgan fingerprint density at radius 2 is 1.09 bits per heavy atom. The van der Waals surface area contributed by atoms with Gasteiger partial charge < -0.3 is 16.4 Å². The fourth-order valence-electron chi connectivity index (χ4n) is 11.5. The summed E-state index contributed by atoms with van der Waals surface area (Å²) in [6.45, 7) is 24.9. The molecule has 75 heavy (non-hydrogen) atoms. The van der Waals surface area contributed by atoms with Crippen LogP contribution in [0.3, 0.4) is 0 Å². The van der Waals surface area contributed by atoms with Crippen LogP contribution in [-0.2, 0) is 19.2 Å². The molecule has 3 saturated carbocycles. The van der Waals surface area contributed by atoms with E-state index in [9.17, 15) is 43.2 Å². The molecule has 0 aliphatic heterocycles. The van der Waals surface area contributed by atoms with Crippen LogP contribution in [0.1, 0.15) is 144 Å². The molecule has 0 bridgehead atoms. The van der Waals surface area contributed by atoms with Gasteiger partial charge in [-0.1, -0.05) is 62.3 Å². The van der Waals surface area contributed by atoms with Gasteiger partial charge in [-0.25, -0.2) is 58.7 Å². The SMILES string of the molecule is CC1(C)CC(N=C=O)CC(C)(CN=C=O)C1.CCC1(N=C=O)CC(NC(=O)Nc2nc(C)cc(=O)[nH]2)CC(C)(C)C1.Cc1cc(=O)[nH]c(N)n1.Cc1cc(=O)[nH]c(NC(=O)NCC2(C)CC(N=C=O)CC(C)(C)C2)n1. The summed E-state index contributed by atoms with van der Waals surface area (Å²) in [4.78, 5) is 134. The van der Waals surface area contributed by atoms with Crippen LogP contribution < -0.4 is 43.7 Å². The summed E-state index contributed by atoms with van der Waals surface area (Å²) in [6.07, 6.45) is 14.5. The molecule has 3 aromatic heterocycles. The normalized spacial score (nSPS) is 24.6. The Kier molecular flexibility index (Phi) is 21.9. The van der Waals surface area contributed by atoms with Crippen LogP contribution in [0, 0.1) is 47.8 Å². The number of amides is 4.